The topological polar surface area (TPSA) is 69.2 Å². The number of hydrogen-bond acceptors (Lipinski definition) is 6. The van der Waals surface area contributed by atoms with Crippen LogP contribution in [-0.2, 0) is 18.3 Å². The molecular formula is C13H19N5O2. The maximum atomic E-state index is 5.73. The summed E-state index contributed by atoms with van der Waals surface area (Å²) in [6.45, 7) is 6.14. The monoisotopic (exact) mass is 277 g/mol. The Balaban J connectivity index is 1.82. The van der Waals surface area contributed by atoms with Gasteiger partial charge in [-0.3, -0.25) is 9.58 Å². The number of morpholine rings is 1. The molecule has 3 rings (SSSR count). The summed E-state index contributed by atoms with van der Waals surface area (Å²) in [6.07, 6.45) is 1.97. The molecule has 0 radical (unpaired) electrons. The van der Waals surface area contributed by atoms with Crippen molar-refractivity contribution in [1.82, 2.24) is 24.8 Å². The first-order valence-electron chi connectivity index (χ1n) is 6.78. The molecule has 1 fully saturated rings. The Morgan fingerprint density at radius 2 is 2.30 bits per heavy atom. The van der Waals surface area contributed by atoms with Gasteiger partial charge in [-0.2, -0.15) is 10.1 Å². The number of aryl methyl sites for hydroxylation is 2. The zero-order valence-electron chi connectivity index (χ0n) is 12.0. The molecule has 2 aromatic rings. The fourth-order valence-corrected chi connectivity index (χ4v) is 2.61. The highest BCUT2D eigenvalue weighted by atomic mass is 16.5. The summed E-state index contributed by atoms with van der Waals surface area (Å²) in [7, 11) is 1.92. The van der Waals surface area contributed by atoms with Gasteiger partial charge in [0.05, 0.1) is 18.4 Å². The summed E-state index contributed by atoms with van der Waals surface area (Å²) in [5.74, 6) is 1.26. The maximum absolute atomic E-state index is 5.73. The van der Waals surface area contributed by atoms with Crippen LogP contribution in [-0.4, -0.2) is 44.1 Å². The van der Waals surface area contributed by atoms with Crippen molar-refractivity contribution < 1.29 is 9.26 Å². The second-order valence-corrected chi connectivity index (χ2v) is 5.15. The van der Waals surface area contributed by atoms with E-state index in [0.29, 0.717) is 18.3 Å². The molecule has 0 aromatic carbocycles. The van der Waals surface area contributed by atoms with Crippen LogP contribution in [0, 0.1) is 6.92 Å². The SMILES string of the molecule is Cc1noc([C@@H]2[C@@H](C)OCCN2Cc2ccn(C)n2)n1. The summed E-state index contributed by atoms with van der Waals surface area (Å²) in [5, 5.41) is 8.31. The van der Waals surface area contributed by atoms with E-state index in [1.165, 1.54) is 0 Å². The van der Waals surface area contributed by atoms with E-state index >= 15 is 0 Å². The van der Waals surface area contributed by atoms with Gasteiger partial charge in [0.1, 0.15) is 6.04 Å². The maximum Gasteiger partial charge on any atom is 0.246 e. The van der Waals surface area contributed by atoms with Crippen molar-refractivity contribution >= 4 is 0 Å². The summed E-state index contributed by atoms with van der Waals surface area (Å²) >= 11 is 0. The standard InChI is InChI=1S/C13H19N5O2/c1-9-12(13-14-10(2)16-20-13)18(6-7-19-9)8-11-4-5-17(3)15-11/h4-5,9,12H,6-8H2,1-3H3/t9-,12+/m1/s1. The molecule has 0 spiro atoms. The second kappa shape index (κ2) is 5.34. The van der Waals surface area contributed by atoms with Crippen LogP contribution in [0.5, 0.6) is 0 Å². The summed E-state index contributed by atoms with van der Waals surface area (Å²) in [4.78, 5) is 6.64. The lowest BCUT2D eigenvalue weighted by atomic mass is 10.1. The number of aromatic nitrogens is 4. The molecule has 0 aliphatic carbocycles. The quantitative estimate of drug-likeness (QED) is 0.836. The van der Waals surface area contributed by atoms with Crippen LogP contribution in [0.2, 0.25) is 0 Å². The van der Waals surface area contributed by atoms with Crippen LogP contribution in [0.25, 0.3) is 0 Å². The highest BCUT2D eigenvalue weighted by Crippen LogP contribution is 2.29. The van der Waals surface area contributed by atoms with Gasteiger partial charge in [-0.15, -0.1) is 0 Å². The summed E-state index contributed by atoms with van der Waals surface area (Å²) < 4.78 is 12.9. The van der Waals surface area contributed by atoms with Crippen molar-refractivity contribution in [3.8, 4) is 0 Å². The molecule has 2 aromatic heterocycles. The number of nitrogens with zero attached hydrogens (tertiary/aromatic N) is 5. The summed E-state index contributed by atoms with van der Waals surface area (Å²) in [5.41, 5.74) is 1.03. The Bertz CT molecular complexity index is 579. The van der Waals surface area contributed by atoms with E-state index in [2.05, 4.69) is 20.1 Å². The predicted molar refractivity (Wildman–Crippen MR) is 70.8 cm³/mol. The molecule has 2 atom stereocenters. The molecule has 108 valence electrons. The van der Waals surface area contributed by atoms with Gasteiger partial charge in [-0.05, 0) is 19.9 Å². The molecule has 0 N–H and O–H groups in total. The smallest absolute Gasteiger partial charge is 0.246 e. The number of ether oxygens (including phenoxy) is 1. The van der Waals surface area contributed by atoms with Gasteiger partial charge in [0.15, 0.2) is 5.82 Å². The van der Waals surface area contributed by atoms with Gasteiger partial charge in [-0.1, -0.05) is 5.16 Å². The highest BCUT2D eigenvalue weighted by molar-refractivity contribution is 5.03. The molecule has 1 aliphatic rings. The second-order valence-electron chi connectivity index (χ2n) is 5.15. The van der Waals surface area contributed by atoms with E-state index in [-0.39, 0.29) is 12.1 Å². The van der Waals surface area contributed by atoms with Gasteiger partial charge in [0.2, 0.25) is 5.89 Å². The molecule has 7 nitrogen and oxygen atoms in total. The minimum Gasteiger partial charge on any atom is -0.375 e. The molecule has 3 heterocycles. The van der Waals surface area contributed by atoms with Crippen LogP contribution < -0.4 is 0 Å². The molecule has 0 saturated carbocycles. The Labute approximate surface area is 117 Å². The Hall–Kier alpha value is -1.73. The first-order valence-corrected chi connectivity index (χ1v) is 6.78. The third-order valence-electron chi connectivity index (χ3n) is 3.53. The van der Waals surface area contributed by atoms with Crippen molar-refractivity contribution in [2.75, 3.05) is 13.2 Å². The molecule has 1 saturated heterocycles. The third kappa shape index (κ3) is 2.59. The van der Waals surface area contributed by atoms with Gasteiger partial charge in [0, 0.05) is 26.3 Å². The third-order valence-corrected chi connectivity index (χ3v) is 3.53. The highest BCUT2D eigenvalue weighted by Gasteiger charge is 2.35. The molecule has 20 heavy (non-hydrogen) atoms. The van der Waals surface area contributed by atoms with E-state index in [1.54, 1.807) is 0 Å². The van der Waals surface area contributed by atoms with Crippen molar-refractivity contribution in [3.63, 3.8) is 0 Å². The first kappa shape index (κ1) is 13.3. The zero-order chi connectivity index (χ0) is 14.1. The van der Waals surface area contributed by atoms with Gasteiger partial charge < -0.3 is 9.26 Å². The Kier molecular flexibility index (Phi) is 3.54. The van der Waals surface area contributed by atoms with Gasteiger partial charge in [0.25, 0.3) is 0 Å². The average molecular weight is 277 g/mol. The largest absolute Gasteiger partial charge is 0.375 e. The first-order chi connectivity index (χ1) is 9.63. The van der Waals surface area contributed by atoms with E-state index < -0.39 is 0 Å². The van der Waals surface area contributed by atoms with Crippen molar-refractivity contribution in [3.05, 3.63) is 29.7 Å². The lowest BCUT2D eigenvalue weighted by Crippen LogP contribution is -2.43. The van der Waals surface area contributed by atoms with Crippen LogP contribution in [0.1, 0.15) is 30.4 Å². The molecule has 7 heteroatoms. The average Bonchev–Trinajstić information content (AvgIpc) is 2.99. The van der Waals surface area contributed by atoms with E-state index in [9.17, 15) is 0 Å². The Morgan fingerprint density at radius 3 is 2.95 bits per heavy atom. The molecule has 0 amide bonds. The minimum atomic E-state index is -0.0213. The zero-order valence-corrected chi connectivity index (χ0v) is 12.0. The summed E-state index contributed by atoms with van der Waals surface area (Å²) in [6, 6.07) is 2.00. The molecule has 0 unspecified atom stereocenters. The molecule has 0 bridgehead atoms. The van der Waals surface area contributed by atoms with Crippen LogP contribution in [0.3, 0.4) is 0 Å². The predicted octanol–water partition coefficient (Wildman–Crippen LogP) is 1.07. The normalized spacial score (nSPS) is 24.1. The van der Waals surface area contributed by atoms with Gasteiger partial charge in [-0.25, -0.2) is 0 Å². The Morgan fingerprint density at radius 1 is 1.45 bits per heavy atom. The van der Waals surface area contributed by atoms with Crippen LogP contribution in [0.4, 0.5) is 0 Å². The lowest BCUT2D eigenvalue weighted by Gasteiger charge is -2.37. The molecule has 1 aliphatic heterocycles. The van der Waals surface area contributed by atoms with Crippen LogP contribution >= 0.6 is 0 Å². The van der Waals surface area contributed by atoms with Crippen molar-refractivity contribution in [2.45, 2.75) is 32.5 Å². The molecular weight excluding hydrogens is 258 g/mol. The lowest BCUT2D eigenvalue weighted by molar-refractivity contribution is -0.0767. The van der Waals surface area contributed by atoms with E-state index in [4.69, 9.17) is 9.26 Å². The van der Waals surface area contributed by atoms with E-state index in [0.717, 1.165) is 18.8 Å². The number of rotatable bonds is 3. The van der Waals surface area contributed by atoms with Gasteiger partial charge >= 0.3 is 0 Å². The van der Waals surface area contributed by atoms with Crippen LogP contribution in [0.15, 0.2) is 16.8 Å². The minimum absolute atomic E-state index is 0.0207. The van der Waals surface area contributed by atoms with Crippen molar-refractivity contribution in [1.29, 1.82) is 0 Å². The number of hydrogen-bond donors (Lipinski definition) is 0. The fourth-order valence-electron chi connectivity index (χ4n) is 2.61. The van der Waals surface area contributed by atoms with E-state index in [1.807, 2.05) is 37.8 Å². The fraction of sp³-hybridized carbons (Fsp3) is 0.615. The van der Waals surface area contributed by atoms with Crippen molar-refractivity contribution in [2.24, 2.45) is 7.05 Å².